The third kappa shape index (κ3) is 4.77. The summed E-state index contributed by atoms with van der Waals surface area (Å²) in [6.07, 6.45) is -4.63. The van der Waals surface area contributed by atoms with Crippen LogP contribution in [-0.2, 0) is 20.5 Å². The molecule has 4 rings (SSSR count). The van der Waals surface area contributed by atoms with Gasteiger partial charge in [0.25, 0.3) is 5.95 Å². The van der Waals surface area contributed by atoms with Gasteiger partial charge in [0.1, 0.15) is 6.04 Å². The number of alkyl halides is 3. The van der Waals surface area contributed by atoms with Crippen molar-refractivity contribution in [3.63, 3.8) is 0 Å². The van der Waals surface area contributed by atoms with E-state index in [2.05, 4.69) is 26.2 Å². The van der Waals surface area contributed by atoms with Crippen LogP contribution in [-0.4, -0.2) is 33.2 Å². The van der Waals surface area contributed by atoms with Gasteiger partial charge in [0.05, 0.1) is 35.4 Å². The lowest BCUT2D eigenvalue weighted by molar-refractivity contribution is -0.152. The molecule has 1 N–H and O–H groups in total. The number of ether oxygens (including phenoxy) is 1. The molecule has 38 heavy (non-hydrogen) atoms. The number of esters is 1. The highest BCUT2D eigenvalue weighted by Gasteiger charge is 2.37. The first-order valence-electron chi connectivity index (χ1n) is 11.1. The van der Waals surface area contributed by atoms with Crippen LogP contribution in [0.4, 0.5) is 30.8 Å². The average molecular weight is 521 g/mol. The molecule has 0 unspecified atom stereocenters. The maximum absolute atomic E-state index is 13.5. The van der Waals surface area contributed by atoms with E-state index < -0.39 is 29.7 Å². The molecule has 0 aliphatic carbocycles. The van der Waals surface area contributed by atoms with Crippen molar-refractivity contribution in [1.29, 1.82) is 10.5 Å². The van der Waals surface area contributed by atoms with E-state index in [4.69, 9.17) is 5.26 Å². The van der Waals surface area contributed by atoms with E-state index in [1.165, 1.54) is 28.6 Å². The van der Waals surface area contributed by atoms with Gasteiger partial charge in [0, 0.05) is 11.4 Å². The first kappa shape index (κ1) is 25.9. The minimum Gasteiger partial charge on any atom is -0.459 e. The van der Waals surface area contributed by atoms with E-state index in [0.29, 0.717) is 11.1 Å². The SMILES string of the molecule is CCOC(=O)C(=O)Nc1nc2n(n1)[C@H](c1ccc(C#N)cc1)C(C#N)=C(C)N2c1cccc(C(F)(F)F)c1. The van der Waals surface area contributed by atoms with Gasteiger partial charge in [0.2, 0.25) is 5.95 Å². The van der Waals surface area contributed by atoms with Gasteiger partial charge >= 0.3 is 18.1 Å². The number of allylic oxidation sites excluding steroid dienone is 2. The monoisotopic (exact) mass is 521 g/mol. The van der Waals surface area contributed by atoms with Gasteiger partial charge in [-0.3, -0.25) is 15.0 Å². The number of rotatable bonds is 4. The zero-order chi connectivity index (χ0) is 27.6. The highest BCUT2D eigenvalue weighted by molar-refractivity contribution is 6.37. The number of aromatic nitrogens is 3. The maximum atomic E-state index is 13.5. The molecule has 1 aromatic heterocycles. The van der Waals surface area contributed by atoms with Crippen LogP contribution in [0.1, 0.15) is 36.6 Å². The molecule has 13 heteroatoms. The minimum atomic E-state index is -4.63. The average Bonchev–Trinajstić information content (AvgIpc) is 3.30. The number of nitriles is 2. The predicted molar refractivity (Wildman–Crippen MR) is 126 cm³/mol. The van der Waals surface area contributed by atoms with Crippen molar-refractivity contribution in [2.24, 2.45) is 0 Å². The van der Waals surface area contributed by atoms with Crippen LogP contribution in [0.3, 0.4) is 0 Å². The van der Waals surface area contributed by atoms with E-state index in [1.807, 2.05) is 6.07 Å². The molecule has 192 valence electrons. The van der Waals surface area contributed by atoms with Crippen molar-refractivity contribution < 1.29 is 27.5 Å². The molecule has 0 radical (unpaired) electrons. The number of hydrogen-bond acceptors (Lipinski definition) is 8. The number of benzene rings is 2. The fraction of sp³-hybridized carbons (Fsp3) is 0.200. The van der Waals surface area contributed by atoms with Gasteiger partial charge in [-0.1, -0.05) is 18.2 Å². The van der Waals surface area contributed by atoms with E-state index in [-0.39, 0.29) is 35.5 Å². The fourth-order valence-corrected chi connectivity index (χ4v) is 3.95. The van der Waals surface area contributed by atoms with Gasteiger partial charge in [-0.25, -0.2) is 9.48 Å². The zero-order valence-corrected chi connectivity index (χ0v) is 19.9. The normalized spacial score (nSPS) is 14.8. The molecule has 2 aromatic carbocycles. The van der Waals surface area contributed by atoms with Gasteiger partial charge in [-0.05, 0) is 49.7 Å². The van der Waals surface area contributed by atoms with Gasteiger partial charge in [-0.2, -0.15) is 28.7 Å². The number of fused-ring (bicyclic) bond motifs is 1. The second-order valence-electron chi connectivity index (χ2n) is 7.99. The maximum Gasteiger partial charge on any atom is 0.416 e. The Labute approximate surface area is 214 Å². The van der Waals surface area contributed by atoms with Gasteiger partial charge < -0.3 is 4.74 Å². The van der Waals surface area contributed by atoms with Gasteiger partial charge in [-0.15, -0.1) is 5.10 Å². The molecule has 1 amide bonds. The van der Waals surface area contributed by atoms with Crippen molar-refractivity contribution in [3.8, 4) is 12.1 Å². The Morgan fingerprint density at radius 3 is 2.45 bits per heavy atom. The van der Waals surface area contributed by atoms with E-state index in [1.54, 1.807) is 31.2 Å². The lowest BCUT2D eigenvalue weighted by atomic mass is 9.95. The third-order valence-electron chi connectivity index (χ3n) is 5.65. The van der Waals surface area contributed by atoms with Crippen LogP contribution >= 0.6 is 0 Å². The molecule has 1 atom stereocenters. The summed E-state index contributed by atoms with van der Waals surface area (Å²) in [7, 11) is 0. The van der Waals surface area contributed by atoms with Gasteiger partial charge in [0.15, 0.2) is 0 Å². The largest absolute Gasteiger partial charge is 0.459 e. The Morgan fingerprint density at radius 1 is 1.13 bits per heavy atom. The fourth-order valence-electron chi connectivity index (χ4n) is 3.95. The Morgan fingerprint density at radius 2 is 1.84 bits per heavy atom. The Bertz CT molecular complexity index is 1530. The first-order valence-corrected chi connectivity index (χ1v) is 11.1. The summed E-state index contributed by atoms with van der Waals surface area (Å²) >= 11 is 0. The molecule has 1 aliphatic heterocycles. The predicted octanol–water partition coefficient (Wildman–Crippen LogP) is 4.21. The number of hydrogen-bond donors (Lipinski definition) is 1. The van der Waals surface area contributed by atoms with Crippen LogP contribution in [0.5, 0.6) is 0 Å². The minimum absolute atomic E-state index is 0.0191. The molecule has 1 aliphatic rings. The highest BCUT2D eigenvalue weighted by Crippen LogP contribution is 2.43. The zero-order valence-electron chi connectivity index (χ0n) is 19.9. The van der Waals surface area contributed by atoms with Crippen LogP contribution in [0.2, 0.25) is 0 Å². The van der Waals surface area contributed by atoms with Crippen LogP contribution in [0.15, 0.2) is 59.8 Å². The molecular weight excluding hydrogens is 503 g/mol. The highest BCUT2D eigenvalue weighted by atomic mass is 19.4. The number of carbonyl (C=O) groups is 2. The molecular formula is C25H18F3N7O3. The molecule has 0 bridgehead atoms. The number of halogens is 3. The number of nitrogens with one attached hydrogen (secondary N) is 1. The topological polar surface area (TPSA) is 137 Å². The number of nitrogens with zero attached hydrogens (tertiary/aromatic N) is 6. The summed E-state index contributed by atoms with van der Waals surface area (Å²) < 4.78 is 46.3. The molecule has 3 aromatic rings. The second kappa shape index (κ2) is 10.1. The summed E-state index contributed by atoms with van der Waals surface area (Å²) in [6.45, 7) is 3.02. The molecule has 0 saturated heterocycles. The number of amides is 1. The Hall–Kier alpha value is -5.17. The van der Waals surface area contributed by atoms with Crippen LogP contribution in [0.25, 0.3) is 0 Å². The van der Waals surface area contributed by atoms with Crippen LogP contribution < -0.4 is 10.2 Å². The van der Waals surface area contributed by atoms with Crippen LogP contribution in [0, 0.1) is 22.7 Å². The molecule has 0 spiro atoms. The summed E-state index contributed by atoms with van der Waals surface area (Å²) in [5.74, 6) is -2.68. The van der Waals surface area contributed by atoms with Crippen molar-refractivity contribution in [2.45, 2.75) is 26.1 Å². The molecule has 10 nitrogen and oxygen atoms in total. The first-order chi connectivity index (χ1) is 18.1. The Kier molecular flexibility index (Phi) is 6.86. The lowest BCUT2D eigenvalue weighted by Gasteiger charge is -2.34. The summed E-state index contributed by atoms with van der Waals surface area (Å²) in [6, 6.07) is 13.9. The van der Waals surface area contributed by atoms with Crippen molar-refractivity contribution in [1.82, 2.24) is 14.8 Å². The molecule has 2 heterocycles. The van der Waals surface area contributed by atoms with Crippen molar-refractivity contribution >= 4 is 29.5 Å². The summed E-state index contributed by atoms with van der Waals surface area (Å²) in [5.41, 5.74) is 0.420. The Balaban J connectivity index is 1.90. The quantitative estimate of drug-likeness (QED) is 0.398. The van der Waals surface area contributed by atoms with E-state index >= 15 is 0 Å². The molecule has 0 saturated carbocycles. The second-order valence-corrected chi connectivity index (χ2v) is 7.99. The lowest BCUT2D eigenvalue weighted by Crippen LogP contribution is -2.31. The third-order valence-corrected chi connectivity index (χ3v) is 5.65. The van der Waals surface area contributed by atoms with Crippen molar-refractivity contribution in [2.75, 3.05) is 16.8 Å². The molecule has 0 fully saturated rings. The summed E-state index contributed by atoms with van der Waals surface area (Å²) in [4.78, 5) is 29.6. The summed E-state index contributed by atoms with van der Waals surface area (Å²) in [5, 5.41) is 25.7. The van der Waals surface area contributed by atoms with Crippen molar-refractivity contribution in [3.05, 3.63) is 76.5 Å². The van der Waals surface area contributed by atoms with E-state index in [9.17, 15) is 28.0 Å². The van der Waals surface area contributed by atoms with E-state index in [0.717, 1.165) is 12.1 Å². The number of carbonyl (C=O) groups excluding carboxylic acids is 2. The standard InChI is InChI=1S/C25H18F3N7O3/c1-3-38-22(37)21(36)31-23-32-24-34(18-6-4-5-17(11-18)25(26,27)28)14(2)19(13-30)20(35(24)33-23)16-9-7-15(12-29)8-10-16/h4-11,20H,3H2,1-2H3,(H,31,33,36)/t20-/m1/s1. The smallest absolute Gasteiger partial charge is 0.416 e. The number of anilines is 3.